The van der Waals surface area contributed by atoms with Crippen molar-refractivity contribution in [3.05, 3.63) is 97.8 Å². The highest BCUT2D eigenvalue weighted by Gasteiger charge is 2.26. The Hall–Kier alpha value is -4.25. The summed E-state index contributed by atoms with van der Waals surface area (Å²) in [5.74, 6) is -0.651. The number of pyridine rings is 1. The molecule has 2 aromatic carbocycles. The molecule has 4 rings (SSSR count). The molecule has 0 saturated carbocycles. The molecule has 0 aliphatic carbocycles. The maximum atomic E-state index is 13.5. The number of fused-ring (bicyclic) bond motifs is 1. The van der Waals surface area contributed by atoms with Gasteiger partial charge in [0.15, 0.2) is 5.13 Å². The minimum atomic E-state index is -0.767. The summed E-state index contributed by atoms with van der Waals surface area (Å²) >= 11 is 1.30. The second-order valence-electron chi connectivity index (χ2n) is 7.12. The van der Waals surface area contributed by atoms with E-state index in [4.69, 9.17) is 0 Å². The number of aromatic nitrogens is 2. The van der Waals surface area contributed by atoms with Crippen molar-refractivity contribution in [3.8, 4) is 0 Å². The van der Waals surface area contributed by atoms with E-state index in [1.54, 1.807) is 24.4 Å². The zero-order valence-electron chi connectivity index (χ0n) is 17.4. The molecule has 0 N–H and O–H groups in total. The summed E-state index contributed by atoms with van der Waals surface area (Å²) in [5, 5.41) is 23.0. The number of benzene rings is 2. The molecular formula is C22H17N5O5S. The van der Waals surface area contributed by atoms with Crippen LogP contribution in [0.25, 0.3) is 10.2 Å². The zero-order chi connectivity index (χ0) is 23.5. The van der Waals surface area contributed by atoms with Crippen molar-refractivity contribution in [2.75, 3.05) is 4.90 Å². The van der Waals surface area contributed by atoms with Gasteiger partial charge in [0.25, 0.3) is 17.3 Å². The predicted octanol–water partition coefficient (Wildman–Crippen LogP) is 4.92. The average Bonchev–Trinajstić information content (AvgIpc) is 3.25. The molecule has 166 valence electrons. The van der Waals surface area contributed by atoms with Gasteiger partial charge in [0.05, 0.1) is 43.9 Å². The van der Waals surface area contributed by atoms with Gasteiger partial charge in [-0.3, -0.25) is 34.9 Å². The molecule has 0 spiro atoms. The van der Waals surface area contributed by atoms with Gasteiger partial charge in [-0.05, 0) is 36.2 Å². The van der Waals surface area contributed by atoms with Crippen LogP contribution in [0.2, 0.25) is 0 Å². The van der Waals surface area contributed by atoms with Crippen molar-refractivity contribution in [2.45, 2.75) is 19.9 Å². The topological polar surface area (TPSA) is 132 Å². The Morgan fingerprint density at radius 2 is 1.76 bits per heavy atom. The number of carbonyl (C=O) groups excluding carboxylic acids is 1. The molecule has 0 bridgehead atoms. The quantitative estimate of drug-likeness (QED) is 0.281. The first-order chi connectivity index (χ1) is 15.9. The van der Waals surface area contributed by atoms with Crippen molar-refractivity contribution >= 4 is 44.0 Å². The summed E-state index contributed by atoms with van der Waals surface area (Å²) in [5.41, 5.74) is 1.13. The minimum Gasteiger partial charge on any atom is -0.278 e. The number of hydrogen-bond acceptors (Lipinski definition) is 8. The van der Waals surface area contributed by atoms with E-state index in [1.165, 1.54) is 16.2 Å². The summed E-state index contributed by atoms with van der Waals surface area (Å²) in [4.78, 5) is 44.7. The van der Waals surface area contributed by atoms with Gasteiger partial charge in [-0.25, -0.2) is 4.98 Å². The van der Waals surface area contributed by atoms with Crippen LogP contribution in [-0.2, 0) is 13.0 Å². The standard InChI is InChI=1S/C22H17N5O5S/c1-2-14-6-7-19-20(9-14)33-22(24-19)25(13-16-5-3-4-8-23-16)21(28)15-10-17(26(29)30)12-18(11-15)27(31)32/h3-12H,2,13H2,1H3. The number of thiazole rings is 1. The fourth-order valence-electron chi connectivity index (χ4n) is 3.26. The number of amides is 1. The van der Waals surface area contributed by atoms with Gasteiger partial charge in [0.1, 0.15) is 0 Å². The molecule has 4 aromatic rings. The normalized spacial score (nSPS) is 10.8. The molecule has 0 aliphatic heterocycles. The van der Waals surface area contributed by atoms with Crippen LogP contribution < -0.4 is 4.90 Å². The van der Waals surface area contributed by atoms with Gasteiger partial charge in [-0.1, -0.05) is 30.4 Å². The molecule has 0 unspecified atom stereocenters. The highest BCUT2D eigenvalue weighted by molar-refractivity contribution is 7.22. The molecule has 33 heavy (non-hydrogen) atoms. The Morgan fingerprint density at radius 3 is 2.36 bits per heavy atom. The lowest BCUT2D eigenvalue weighted by Crippen LogP contribution is -2.30. The van der Waals surface area contributed by atoms with E-state index in [9.17, 15) is 25.0 Å². The summed E-state index contributed by atoms with van der Waals surface area (Å²) in [6.45, 7) is 2.08. The number of aryl methyl sites for hydroxylation is 1. The first-order valence-electron chi connectivity index (χ1n) is 9.91. The lowest BCUT2D eigenvalue weighted by Gasteiger charge is -2.19. The van der Waals surface area contributed by atoms with Gasteiger partial charge < -0.3 is 0 Å². The lowest BCUT2D eigenvalue weighted by molar-refractivity contribution is -0.394. The van der Waals surface area contributed by atoms with E-state index in [2.05, 4.69) is 9.97 Å². The highest BCUT2D eigenvalue weighted by Crippen LogP contribution is 2.32. The summed E-state index contributed by atoms with van der Waals surface area (Å²) in [6, 6.07) is 14.0. The summed E-state index contributed by atoms with van der Waals surface area (Å²) in [6.07, 6.45) is 2.43. The second kappa shape index (κ2) is 9.09. The van der Waals surface area contributed by atoms with Crippen LogP contribution in [0.4, 0.5) is 16.5 Å². The molecule has 0 radical (unpaired) electrons. The van der Waals surface area contributed by atoms with Gasteiger partial charge >= 0.3 is 0 Å². The van der Waals surface area contributed by atoms with Gasteiger partial charge in [-0.2, -0.15) is 0 Å². The average molecular weight is 463 g/mol. The Morgan fingerprint density at radius 1 is 1.03 bits per heavy atom. The molecule has 2 aromatic heterocycles. The van der Waals surface area contributed by atoms with Gasteiger partial charge in [-0.15, -0.1) is 0 Å². The van der Waals surface area contributed by atoms with Crippen molar-refractivity contribution in [3.63, 3.8) is 0 Å². The van der Waals surface area contributed by atoms with E-state index in [-0.39, 0.29) is 12.1 Å². The van der Waals surface area contributed by atoms with Crippen LogP contribution in [0, 0.1) is 20.2 Å². The third-order valence-electron chi connectivity index (χ3n) is 4.94. The van der Waals surface area contributed by atoms with Crippen LogP contribution >= 0.6 is 11.3 Å². The molecule has 2 heterocycles. The van der Waals surface area contributed by atoms with Crippen molar-refractivity contribution < 1.29 is 14.6 Å². The van der Waals surface area contributed by atoms with Crippen LogP contribution in [-0.4, -0.2) is 25.7 Å². The Kier molecular flexibility index (Phi) is 6.05. The minimum absolute atomic E-state index is 0.0383. The number of nitro groups is 2. The Labute approximate surface area is 191 Å². The lowest BCUT2D eigenvalue weighted by atomic mass is 10.1. The third-order valence-corrected chi connectivity index (χ3v) is 5.98. The van der Waals surface area contributed by atoms with E-state index in [0.717, 1.165) is 34.9 Å². The van der Waals surface area contributed by atoms with Crippen LogP contribution in [0.1, 0.15) is 28.5 Å². The van der Waals surface area contributed by atoms with E-state index < -0.39 is 27.1 Å². The number of carbonyl (C=O) groups is 1. The summed E-state index contributed by atoms with van der Waals surface area (Å²) in [7, 11) is 0. The number of nitrogens with zero attached hydrogens (tertiary/aromatic N) is 5. The molecule has 0 fully saturated rings. The Bertz CT molecular complexity index is 1340. The third kappa shape index (κ3) is 4.67. The van der Waals surface area contributed by atoms with Crippen LogP contribution in [0.15, 0.2) is 60.8 Å². The first-order valence-corrected chi connectivity index (χ1v) is 10.7. The largest absolute Gasteiger partial charge is 0.278 e. The molecule has 11 heteroatoms. The molecule has 10 nitrogen and oxygen atoms in total. The van der Waals surface area contributed by atoms with Crippen molar-refractivity contribution in [1.82, 2.24) is 9.97 Å². The molecule has 0 saturated heterocycles. The van der Waals surface area contributed by atoms with Crippen molar-refractivity contribution in [2.24, 2.45) is 0 Å². The van der Waals surface area contributed by atoms with E-state index >= 15 is 0 Å². The van der Waals surface area contributed by atoms with E-state index in [0.29, 0.717) is 16.3 Å². The SMILES string of the molecule is CCc1ccc2nc(N(Cc3ccccn3)C(=O)c3cc([N+](=O)[O-])cc([N+](=O)[O-])c3)sc2c1. The number of non-ortho nitro benzene ring substituents is 2. The van der Waals surface area contributed by atoms with Crippen LogP contribution in [0.5, 0.6) is 0 Å². The maximum Gasteiger partial charge on any atom is 0.277 e. The number of hydrogen-bond donors (Lipinski definition) is 0. The van der Waals surface area contributed by atoms with Crippen molar-refractivity contribution in [1.29, 1.82) is 0 Å². The fraction of sp³-hybridized carbons (Fsp3) is 0.136. The molecule has 0 atom stereocenters. The molecule has 0 aliphatic rings. The molecular weight excluding hydrogens is 446 g/mol. The zero-order valence-corrected chi connectivity index (χ0v) is 18.2. The smallest absolute Gasteiger partial charge is 0.277 e. The highest BCUT2D eigenvalue weighted by atomic mass is 32.1. The van der Waals surface area contributed by atoms with Gasteiger partial charge in [0, 0.05) is 18.3 Å². The molecule has 1 amide bonds. The monoisotopic (exact) mass is 463 g/mol. The van der Waals surface area contributed by atoms with Crippen LogP contribution in [0.3, 0.4) is 0 Å². The fourth-order valence-corrected chi connectivity index (χ4v) is 4.28. The van der Waals surface area contributed by atoms with E-state index in [1.807, 2.05) is 25.1 Å². The number of anilines is 1. The second-order valence-corrected chi connectivity index (χ2v) is 8.13. The maximum absolute atomic E-state index is 13.5. The Balaban J connectivity index is 1.82. The predicted molar refractivity (Wildman–Crippen MR) is 123 cm³/mol. The number of rotatable bonds is 7. The van der Waals surface area contributed by atoms with Gasteiger partial charge in [0.2, 0.25) is 0 Å². The number of nitro benzene ring substituents is 2. The first kappa shape index (κ1) is 22.0. The summed E-state index contributed by atoms with van der Waals surface area (Å²) < 4.78 is 0.883.